The minimum atomic E-state index is 0.901. The third-order valence-electron chi connectivity index (χ3n) is 3.78. The van der Waals surface area contributed by atoms with Crippen LogP contribution in [0.25, 0.3) is 0 Å². The number of benzene rings is 1. The lowest BCUT2D eigenvalue weighted by Crippen LogP contribution is -2.34. The second-order valence-corrected chi connectivity index (χ2v) is 6.55. The van der Waals surface area contributed by atoms with Gasteiger partial charge in [-0.15, -0.1) is 0 Å². The smallest absolute Gasteiger partial charge is 0.132 e. The van der Waals surface area contributed by atoms with Crippen LogP contribution in [0.2, 0.25) is 0 Å². The number of hydrogen-bond acceptors (Lipinski definition) is 0. The van der Waals surface area contributed by atoms with Gasteiger partial charge < -0.3 is 0 Å². The second kappa shape index (κ2) is 8.37. The third-order valence-corrected chi connectivity index (χ3v) is 3.78. The van der Waals surface area contributed by atoms with E-state index in [4.69, 9.17) is 0 Å². The standard InChI is InChI=1S/C18H32N/c1-5-6-7-8-9-10-11-12-17-13-15-18(16-14-17)19(2,3)4/h13-16H,5-12H2,1-4H3/q+1. The van der Waals surface area contributed by atoms with Crippen molar-refractivity contribution < 1.29 is 0 Å². The summed E-state index contributed by atoms with van der Waals surface area (Å²) in [6, 6.07) is 9.15. The van der Waals surface area contributed by atoms with E-state index in [1.807, 2.05) is 0 Å². The molecule has 0 radical (unpaired) electrons. The van der Waals surface area contributed by atoms with Gasteiger partial charge >= 0.3 is 0 Å². The Morgan fingerprint density at radius 3 is 1.79 bits per heavy atom. The predicted molar refractivity (Wildman–Crippen MR) is 87.7 cm³/mol. The highest BCUT2D eigenvalue weighted by atomic mass is 15.3. The van der Waals surface area contributed by atoms with Crippen LogP contribution in [0.3, 0.4) is 0 Å². The van der Waals surface area contributed by atoms with E-state index >= 15 is 0 Å². The van der Waals surface area contributed by atoms with E-state index < -0.39 is 0 Å². The molecule has 1 nitrogen and oxygen atoms in total. The van der Waals surface area contributed by atoms with Crippen molar-refractivity contribution in [2.24, 2.45) is 0 Å². The zero-order chi connectivity index (χ0) is 14.1. The van der Waals surface area contributed by atoms with Crippen molar-refractivity contribution in [2.45, 2.75) is 58.3 Å². The van der Waals surface area contributed by atoms with Crippen molar-refractivity contribution in [2.75, 3.05) is 21.1 Å². The van der Waals surface area contributed by atoms with E-state index in [2.05, 4.69) is 52.3 Å². The highest BCUT2D eigenvalue weighted by molar-refractivity contribution is 5.42. The van der Waals surface area contributed by atoms with E-state index in [0.717, 1.165) is 4.48 Å². The Hall–Kier alpha value is -0.820. The first-order valence-electron chi connectivity index (χ1n) is 7.95. The average molecular weight is 262 g/mol. The van der Waals surface area contributed by atoms with Crippen LogP contribution in [0, 0.1) is 0 Å². The van der Waals surface area contributed by atoms with E-state index in [-0.39, 0.29) is 0 Å². The number of nitrogens with zero attached hydrogens (tertiary/aromatic N) is 1. The molecule has 0 aromatic heterocycles. The summed E-state index contributed by atoms with van der Waals surface area (Å²) in [6.45, 7) is 2.28. The van der Waals surface area contributed by atoms with Gasteiger partial charge in [0.15, 0.2) is 0 Å². The molecule has 108 valence electrons. The molecule has 0 saturated carbocycles. The van der Waals surface area contributed by atoms with Crippen molar-refractivity contribution in [1.29, 1.82) is 0 Å². The SMILES string of the molecule is CCCCCCCCCc1ccc([N+](C)(C)C)cc1. The Balaban J connectivity index is 2.20. The Kier molecular flexibility index (Phi) is 7.15. The summed E-state index contributed by atoms with van der Waals surface area (Å²) < 4.78 is 0.901. The molecule has 0 N–H and O–H groups in total. The summed E-state index contributed by atoms with van der Waals surface area (Å²) in [7, 11) is 6.64. The van der Waals surface area contributed by atoms with Gasteiger partial charge in [-0.2, -0.15) is 0 Å². The molecule has 0 unspecified atom stereocenters. The third kappa shape index (κ3) is 6.77. The first-order chi connectivity index (χ1) is 9.04. The summed E-state index contributed by atoms with van der Waals surface area (Å²) >= 11 is 0. The summed E-state index contributed by atoms with van der Waals surface area (Å²) in [5.41, 5.74) is 2.87. The molecule has 1 rings (SSSR count). The predicted octanol–water partition coefficient (Wildman–Crippen LogP) is 5.18. The maximum absolute atomic E-state index is 2.30. The molecule has 0 atom stereocenters. The summed E-state index contributed by atoms with van der Waals surface area (Å²) in [5, 5.41) is 0. The van der Waals surface area contributed by atoms with Crippen LogP contribution in [0.5, 0.6) is 0 Å². The Bertz CT molecular complexity index is 332. The topological polar surface area (TPSA) is 0 Å². The average Bonchev–Trinajstić information content (AvgIpc) is 2.37. The van der Waals surface area contributed by atoms with Gasteiger partial charge in [-0.1, -0.05) is 57.6 Å². The summed E-state index contributed by atoms with van der Waals surface area (Å²) in [5.74, 6) is 0. The van der Waals surface area contributed by atoms with Crippen molar-refractivity contribution in [3.63, 3.8) is 0 Å². The van der Waals surface area contributed by atoms with Gasteiger partial charge in [0.1, 0.15) is 5.69 Å². The molecular weight excluding hydrogens is 230 g/mol. The van der Waals surface area contributed by atoms with Crippen LogP contribution >= 0.6 is 0 Å². The van der Waals surface area contributed by atoms with Crippen molar-refractivity contribution in [1.82, 2.24) is 4.48 Å². The van der Waals surface area contributed by atoms with Crippen molar-refractivity contribution in [3.8, 4) is 0 Å². The molecule has 0 amide bonds. The maximum Gasteiger partial charge on any atom is 0.132 e. The second-order valence-electron chi connectivity index (χ2n) is 6.55. The molecule has 19 heavy (non-hydrogen) atoms. The van der Waals surface area contributed by atoms with Crippen LogP contribution in [0.4, 0.5) is 5.69 Å². The van der Waals surface area contributed by atoms with Crippen LogP contribution in [0.15, 0.2) is 24.3 Å². The number of rotatable bonds is 9. The molecular formula is C18H32N+. The molecule has 0 aliphatic rings. The monoisotopic (exact) mass is 262 g/mol. The van der Waals surface area contributed by atoms with Gasteiger partial charge in [0.25, 0.3) is 0 Å². The molecule has 0 aliphatic carbocycles. The first kappa shape index (κ1) is 16.2. The maximum atomic E-state index is 2.30. The van der Waals surface area contributed by atoms with Gasteiger partial charge in [0.05, 0.1) is 21.1 Å². The van der Waals surface area contributed by atoms with E-state index in [9.17, 15) is 0 Å². The largest absolute Gasteiger partial charge is 0.298 e. The zero-order valence-electron chi connectivity index (χ0n) is 13.4. The number of quaternary nitrogens is 1. The van der Waals surface area contributed by atoms with E-state index in [1.54, 1.807) is 0 Å². The molecule has 0 spiro atoms. The molecule has 0 aliphatic heterocycles. The zero-order valence-corrected chi connectivity index (χ0v) is 13.4. The normalized spacial score (nSPS) is 11.8. The Morgan fingerprint density at radius 2 is 1.26 bits per heavy atom. The van der Waals surface area contributed by atoms with Gasteiger partial charge in [0, 0.05) is 0 Å². The Morgan fingerprint density at radius 1 is 0.737 bits per heavy atom. The molecule has 0 bridgehead atoms. The van der Waals surface area contributed by atoms with Gasteiger partial charge in [-0.25, -0.2) is 0 Å². The fourth-order valence-corrected chi connectivity index (χ4v) is 2.40. The Labute approximate surface area is 120 Å². The van der Waals surface area contributed by atoms with Crippen molar-refractivity contribution >= 4 is 5.69 Å². The van der Waals surface area contributed by atoms with Gasteiger partial charge in [0.2, 0.25) is 0 Å². The molecule has 0 heterocycles. The lowest BCUT2D eigenvalue weighted by molar-refractivity contribution is 0.486. The van der Waals surface area contributed by atoms with Crippen LogP contribution in [-0.2, 0) is 6.42 Å². The molecule has 0 saturated heterocycles. The molecule has 1 aromatic rings. The summed E-state index contributed by atoms with van der Waals surface area (Å²) in [6.07, 6.45) is 11.0. The van der Waals surface area contributed by atoms with E-state index in [1.165, 1.54) is 62.6 Å². The molecule has 0 fully saturated rings. The van der Waals surface area contributed by atoms with Crippen LogP contribution in [0.1, 0.15) is 57.4 Å². The molecule has 1 heteroatoms. The lowest BCUT2D eigenvalue weighted by Gasteiger charge is -2.23. The van der Waals surface area contributed by atoms with Crippen molar-refractivity contribution in [3.05, 3.63) is 29.8 Å². The fraction of sp³-hybridized carbons (Fsp3) is 0.667. The lowest BCUT2D eigenvalue weighted by atomic mass is 10.0. The fourth-order valence-electron chi connectivity index (χ4n) is 2.40. The molecule has 1 aromatic carbocycles. The quantitative estimate of drug-likeness (QED) is 0.425. The van der Waals surface area contributed by atoms with Crippen LogP contribution < -0.4 is 4.48 Å². The van der Waals surface area contributed by atoms with E-state index in [0.29, 0.717) is 0 Å². The van der Waals surface area contributed by atoms with Crippen LogP contribution in [-0.4, -0.2) is 21.1 Å². The van der Waals surface area contributed by atoms with Gasteiger partial charge in [-0.3, -0.25) is 4.48 Å². The number of hydrogen-bond donors (Lipinski definition) is 0. The first-order valence-corrected chi connectivity index (χ1v) is 7.95. The minimum absolute atomic E-state index is 0.901. The highest BCUT2D eigenvalue weighted by Gasteiger charge is 2.10. The highest BCUT2D eigenvalue weighted by Crippen LogP contribution is 2.18. The minimum Gasteiger partial charge on any atom is -0.298 e. The summed E-state index contributed by atoms with van der Waals surface area (Å²) in [4.78, 5) is 0. The number of aryl methyl sites for hydroxylation is 1. The number of unbranched alkanes of at least 4 members (excludes halogenated alkanes) is 6. The van der Waals surface area contributed by atoms with Gasteiger partial charge in [-0.05, 0) is 30.5 Å².